The molecule has 0 heterocycles. The minimum Gasteiger partial charge on any atom is -0.306 e. The highest BCUT2D eigenvalue weighted by Crippen LogP contribution is 2.37. The van der Waals surface area contributed by atoms with Gasteiger partial charge in [-0.1, -0.05) is 43.9 Å². The molecular weight excluding hydrogens is 242 g/mol. The molecule has 0 bridgehead atoms. The predicted octanol–water partition coefficient (Wildman–Crippen LogP) is 4.54. The van der Waals surface area contributed by atoms with Gasteiger partial charge in [-0.25, -0.2) is 0 Å². The van der Waals surface area contributed by atoms with E-state index in [0.717, 1.165) is 12.0 Å². The van der Waals surface area contributed by atoms with E-state index < -0.39 is 0 Å². The minimum atomic E-state index is 0.745. The van der Waals surface area contributed by atoms with Gasteiger partial charge in [-0.15, -0.1) is 0 Å². The summed E-state index contributed by atoms with van der Waals surface area (Å²) in [6.45, 7) is 0. The van der Waals surface area contributed by atoms with Crippen LogP contribution in [-0.2, 0) is 12.8 Å². The van der Waals surface area contributed by atoms with Gasteiger partial charge in [0.05, 0.1) is 0 Å². The summed E-state index contributed by atoms with van der Waals surface area (Å²) in [5.41, 5.74) is 5.06. The van der Waals surface area contributed by atoms with E-state index in [1.54, 1.807) is 16.7 Å². The maximum absolute atomic E-state index is 2.44. The van der Waals surface area contributed by atoms with Crippen LogP contribution in [-0.4, -0.2) is 25.0 Å². The zero-order valence-electron chi connectivity index (χ0n) is 13.2. The Morgan fingerprint density at radius 1 is 0.950 bits per heavy atom. The molecule has 0 radical (unpaired) electrons. The van der Waals surface area contributed by atoms with Crippen LogP contribution in [0.1, 0.15) is 67.6 Å². The normalized spacial score (nSPS) is 24.4. The maximum atomic E-state index is 2.44. The molecule has 2 aliphatic rings. The summed E-state index contributed by atoms with van der Waals surface area (Å²) in [7, 11) is 4.48. The third kappa shape index (κ3) is 2.93. The summed E-state index contributed by atoms with van der Waals surface area (Å²) in [5.74, 6) is 0.841. The molecule has 20 heavy (non-hydrogen) atoms. The molecule has 0 unspecified atom stereocenters. The Kier molecular flexibility index (Phi) is 4.45. The first kappa shape index (κ1) is 14.1. The van der Waals surface area contributed by atoms with E-state index in [-0.39, 0.29) is 0 Å². The van der Waals surface area contributed by atoms with Crippen LogP contribution in [0.3, 0.4) is 0 Å². The molecule has 0 N–H and O–H groups in total. The van der Waals surface area contributed by atoms with E-state index in [2.05, 4.69) is 37.2 Å². The molecule has 0 aromatic heterocycles. The Labute approximate surface area is 124 Å². The molecule has 110 valence electrons. The molecule has 3 rings (SSSR count). The van der Waals surface area contributed by atoms with Crippen LogP contribution < -0.4 is 0 Å². The van der Waals surface area contributed by atoms with E-state index in [1.807, 2.05) is 0 Å². The van der Waals surface area contributed by atoms with Crippen molar-refractivity contribution < 1.29 is 0 Å². The summed E-state index contributed by atoms with van der Waals surface area (Å²) in [6.07, 6.45) is 12.5. The molecule has 1 atom stereocenters. The van der Waals surface area contributed by atoms with Gasteiger partial charge >= 0.3 is 0 Å². The Bertz CT molecular complexity index is 441. The van der Waals surface area contributed by atoms with Crippen LogP contribution in [0.15, 0.2) is 18.2 Å². The third-order valence-electron chi connectivity index (χ3n) is 5.52. The van der Waals surface area contributed by atoms with Gasteiger partial charge in [0.15, 0.2) is 0 Å². The first-order chi connectivity index (χ1) is 9.75. The van der Waals surface area contributed by atoms with Crippen molar-refractivity contribution in [1.29, 1.82) is 0 Å². The first-order valence-electron chi connectivity index (χ1n) is 8.53. The second kappa shape index (κ2) is 6.30. The number of nitrogens with zero attached hydrogens (tertiary/aromatic N) is 1. The Morgan fingerprint density at radius 2 is 1.70 bits per heavy atom. The van der Waals surface area contributed by atoms with Crippen molar-refractivity contribution in [3.05, 3.63) is 34.9 Å². The van der Waals surface area contributed by atoms with Crippen LogP contribution >= 0.6 is 0 Å². The smallest absolute Gasteiger partial charge is 0.0133 e. The molecule has 1 nitrogen and oxygen atoms in total. The summed E-state index contributed by atoms with van der Waals surface area (Å²) in [4.78, 5) is 2.42. The number of hydrogen-bond donors (Lipinski definition) is 0. The van der Waals surface area contributed by atoms with E-state index >= 15 is 0 Å². The van der Waals surface area contributed by atoms with E-state index in [0.29, 0.717) is 0 Å². The monoisotopic (exact) mass is 271 g/mol. The van der Waals surface area contributed by atoms with Crippen LogP contribution in [0.4, 0.5) is 0 Å². The molecule has 1 aromatic rings. The zero-order valence-corrected chi connectivity index (χ0v) is 13.2. The van der Waals surface area contributed by atoms with E-state index in [4.69, 9.17) is 0 Å². The molecule has 1 heteroatoms. The van der Waals surface area contributed by atoms with Crippen molar-refractivity contribution in [3.8, 4) is 0 Å². The predicted molar refractivity (Wildman–Crippen MR) is 86.4 cm³/mol. The van der Waals surface area contributed by atoms with Crippen molar-refractivity contribution in [2.24, 2.45) is 0 Å². The van der Waals surface area contributed by atoms with Gasteiger partial charge in [0.1, 0.15) is 0 Å². The van der Waals surface area contributed by atoms with Gasteiger partial charge in [0.25, 0.3) is 0 Å². The lowest BCUT2D eigenvalue weighted by Crippen LogP contribution is -2.34. The van der Waals surface area contributed by atoms with Crippen molar-refractivity contribution in [1.82, 2.24) is 4.90 Å². The highest BCUT2D eigenvalue weighted by molar-refractivity contribution is 5.40. The maximum Gasteiger partial charge on any atom is 0.0133 e. The molecule has 1 saturated carbocycles. The molecule has 0 aliphatic heterocycles. The van der Waals surface area contributed by atoms with Crippen molar-refractivity contribution in [3.63, 3.8) is 0 Å². The quantitative estimate of drug-likeness (QED) is 0.714. The van der Waals surface area contributed by atoms with Crippen LogP contribution in [0.25, 0.3) is 0 Å². The van der Waals surface area contributed by atoms with Gasteiger partial charge in [0, 0.05) is 6.04 Å². The van der Waals surface area contributed by atoms with Gasteiger partial charge in [-0.2, -0.15) is 0 Å². The lowest BCUT2D eigenvalue weighted by molar-refractivity contribution is 0.267. The number of likely N-dealkylation sites (N-methyl/N-ethyl adjacent to an activating group) is 1. The lowest BCUT2D eigenvalue weighted by Gasteiger charge is -2.32. The minimum absolute atomic E-state index is 0.745. The Hall–Kier alpha value is -0.820. The second-order valence-corrected chi connectivity index (χ2v) is 7.03. The molecule has 0 amide bonds. The van der Waals surface area contributed by atoms with Gasteiger partial charge in [0.2, 0.25) is 0 Å². The average molecular weight is 271 g/mol. The fraction of sp³-hybridized carbons (Fsp3) is 0.684. The number of rotatable bonds is 2. The van der Waals surface area contributed by atoms with Crippen LogP contribution in [0.2, 0.25) is 0 Å². The number of fused-ring (bicyclic) bond motifs is 1. The standard InChI is InChI=1S/C19H29N/c1-20(2)17-13-12-16-10-7-11-18(19(16)14-17)15-8-5-3-4-6-9-15/h7,10-11,15,17H,3-6,8-9,12-14H2,1-2H3/t17-/m1/s1. The summed E-state index contributed by atoms with van der Waals surface area (Å²) < 4.78 is 0. The highest BCUT2D eigenvalue weighted by atomic mass is 15.1. The van der Waals surface area contributed by atoms with E-state index in [9.17, 15) is 0 Å². The van der Waals surface area contributed by atoms with Gasteiger partial charge in [-0.05, 0) is 68.8 Å². The fourth-order valence-corrected chi connectivity index (χ4v) is 4.21. The van der Waals surface area contributed by atoms with Crippen LogP contribution in [0, 0.1) is 0 Å². The third-order valence-corrected chi connectivity index (χ3v) is 5.52. The zero-order chi connectivity index (χ0) is 13.9. The van der Waals surface area contributed by atoms with Crippen molar-refractivity contribution in [2.45, 2.75) is 69.7 Å². The average Bonchev–Trinajstić information content (AvgIpc) is 2.75. The second-order valence-electron chi connectivity index (χ2n) is 7.03. The Balaban J connectivity index is 1.88. The molecular formula is C19H29N. The topological polar surface area (TPSA) is 3.24 Å². The molecule has 0 saturated heterocycles. The van der Waals surface area contributed by atoms with Gasteiger partial charge in [-0.3, -0.25) is 0 Å². The summed E-state index contributed by atoms with van der Waals surface area (Å²) >= 11 is 0. The molecule has 1 fully saturated rings. The van der Waals surface area contributed by atoms with E-state index in [1.165, 1.54) is 57.8 Å². The van der Waals surface area contributed by atoms with Crippen molar-refractivity contribution in [2.75, 3.05) is 14.1 Å². The highest BCUT2D eigenvalue weighted by Gasteiger charge is 2.25. The summed E-state index contributed by atoms with van der Waals surface area (Å²) in [5, 5.41) is 0. The lowest BCUT2D eigenvalue weighted by atomic mass is 9.79. The number of hydrogen-bond acceptors (Lipinski definition) is 1. The fourth-order valence-electron chi connectivity index (χ4n) is 4.21. The first-order valence-corrected chi connectivity index (χ1v) is 8.53. The Morgan fingerprint density at radius 3 is 2.40 bits per heavy atom. The molecule has 0 spiro atoms. The SMILES string of the molecule is CN(C)[C@@H]1CCc2cccc(C3CCCCCC3)c2C1. The largest absolute Gasteiger partial charge is 0.306 e. The summed E-state index contributed by atoms with van der Waals surface area (Å²) in [6, 6.07) is 7.87. The van der Waals surface area contributed by atoms with Gasteiger partial charge < -0.3 is 4.90 Å². The van der Waals surface area contributed by atoms with Crippen LogP contribution in [0.5, 0.6) is 0 Å². The number of benzene rings is 1. The number of aryl methyl sites for hydroxylation is 1. The van der Waals surface area contributed by atoms with Crippen molar-refractivity contribution >= 4 is 0 Å². The molecule has 2 aliphatic carbocycles. The molecule has 1 aromatic carbocycles.